The molecule has 0 bridgehead atoms. The average Bonchev–Trinajstić information content (AvgIpc) is 2.50. The molecule has 1 amide bonds. The normalized spacial score (nSPS) is 13.7. The molecule has 0 saturated carbocycles. The summed E-state index contributed by atoms with van der Waals surface area (Å²) in [5.41, 5.74) is 8.71. The highest BCUT2D eigenvalue weighted by molar-refractivity contribution is 5.85. The van der Waals surface area contributed by atoms with Gasteiger partial charge in [0.05, 0.1) is 17.8 Å². The van der Waals surface area contributed by atoms with Crippen LogP contribution < -0.4 is 11.1 Å². The van der Waals surface area contributed by atoms with Gasteiger partial charge in [-0.05, 0) is 27.2 Å². The Morgan fingerprint density at radius 3 is 2.39 bits per heavy atom. The Bertz CT molecular complexity index is 414. The molecule has 1 heterocycles. The van der Waals surface area contributed by atoms with Gasteiger partial charge in [-0.15, -0.1) is 12.4 Å². The largest absolute Gasteiger partial charge is 0.348 e. The maximum Gasteiger partial charge on any atom is 0.237 e. The molecule has 0 saturated heterocycles. The van der Waals surface area contributed by atoms with Crippen LogP contribution in [0.3, 0.4) is 0 Å². The molecule has 0 radical (unpaired) electrons. The van der Waals surface area contributed by atoms with E-state index in [1.165, 1.54) is 0 Å². The Morgan fingerprint density at radius 1 is 1.50 bits per heavy atom. The molecule has 104 valence electrons. The molecule has 1 rings (SSSR count). The average molecular weight is 275 g/mol. The van der Waals surface area contributed by atoms with Crippen molar-refractivity contribution in [1.82, 2.24) is 15.1 Å². The molecule has 6 heteroatoms. The van der Waals surface area contributed by atoms with Gasteiger partial charge in [-0.25, -0.2) is 0 Å². The van der Waals surface area contributed by atoms with Gasteiger partial charge in [0.25, 0.3) is 0 Å². The lowest BCUT2D eigenvalue weighted by Gasteiger charge is -2.19. The molecule has 18 heavy (non-hydrogen) atoms. The van der Waals surface area contributed by atoms with Crippen molar-refractivity contribution in [2.24, 2.45) is 12.8 Å². The van der Waals surface area contributed by atoms with Crippen molar-refractivity contribution in [3.8, 4) is 0 Å². The molecule has 0 aliphatic heterocycles. The first-order chi connectivity index (χ1) is 7.88. The Morgan fingerprint density at radius 2 is 2.06 bits per heavy atom. The summed E-state index contributed by atoms with van der Waals surface area (Å²) in [5, 5.41) is 7.33. The first-order valence-corrected chi connectivity index (χ1v) is 5.94. The minimum absolute atomic E-state index is 0. The summed E-state index contributed by atoms with van der Waals surface area (Å²) >= 11 is 0. The quantitative estimate of drug-likeness (QED) is 0.871. The van der Waals surface area contributed by atoms with E-state index < -0.39 is 6.04 Å². The van der Waals surface area contributed by atoms with Crippen LogP contribution in [0.2, 0.25) is 0 Å². The van der Waals surface area contributed by atoms with E-state index in [1.807, 2.05) is 32.5 Å². The summed E-state index contributed by atoms with van der Waals surface area (Å²) in [5.74, 6) is -0.125. The van der Waals surface area contributed by atoms with E-state index in [2.05, 4.69) is 10.4 Å². The molecule has 1 aromatic rings. The van der Waals surface area contributed by atoms with E-state index in [0.717, 1.165) is 23.4 Å². The van der Waals surface area contributed by atoms with Crippen molar-refractivity contribution < 1.29 is 4.79 Å². The first kappa shape index (κ1) is 16.9. The molecular weight excluding hydrogens is 252 g/mol. The lowest BCUT2D eigenvalue weighted by molar-refractivity contribution is -0.122. The number of halogens is 1. The van der Waals surface area contributed by atoms with Crippen LogP contribution in [0, 0.1) is 13.8 Å². The number of nitrogens with zero attached hydrogens (tertiary/aromatic N) is 2. The molecule has 5 nitrogen and oxygen atoms in total. The fourth-order valence-electron chi connectivity index (χ4n) is 1.98. The lowest BCUT2D eigenvalue weighted by atomic mass is 10.0. The Labute approximate surface area is 115 Å². The smallest absolute Gasteiger partial charge is 0.237 e. The van der Waals surface area contributed by atoms with Crippen LogP contribution in [0.15, 0.2) is 0 Å². The van der Waals surface area contributed by atoms with E-state index in [4.69, 9.17) is 5.73 Å². The van der Waals surface area contributed by atoms with E-state index in [-0.39, 0.29) is 24.4 Å². The van der Waals surface area contributed by atoms with E-state index >= 15 is 0 Å². The molecule has 3 N–H and O–H groups in total. The third-order valence-electron chi connectivity index (χ3n) is 3.05. The highest BCUT2D eigenvalue weighted by Crippen LogP contribution is 2.23. The van der Waals surface area contributed by atoms with Gasteiger partial charge in [-0.3, -0.25) is 9.48 Å². The summed E-state index contributed by atoms with van der Waals surface area (Å²) in [7, 11) is 1.91. The van der Waals surface area contributed by atoms with Gasteiger partial charge < -0.3 is 11.1 Å². The van der Waals surface area contributed by atoms with Crippen LogP contribution in [0.4, 0.5) is 0 Å². The van der Waals surface area contributed by atoms with E-state index in [9.17, 15) is 4.79 Å². The van der Waals surface area contributed by atoms with Gasteiger partial charge in [-0.1, -0.05) is 6.92 Å². The minimum atomic E-state index is -0.485. The second-order valence-electron chi connectivity index (χ2n) is 4.47. The predicted molar refractivity (Wildman–Crippen MR) is 74.8 cm³/mol. The van der Waals surface area contributed by atoms with Gasteiger partial charge in [0.2, 0.25) is 5.91 Å². The molecule has 1 unspecified atom stereocenters. The van der Waals surface area contributed by atoms with Gasteiger partial charge in [-0.2, -0.15) is 5.10 Å². The molecule has 1 aromatic heterocycles. The summed E-state index contributed by atoms with van der Waals surface area (Å²) in [6.07, 6.45) is 0.825. The van der Waals surface area contributed by atoms with Crippen LogP contribution in [0.1, 0.15) is 43.3 Å². The summed E-state index contributed by atoms with van der Waals surface area (Å²) in [4.78, 5) is 11.7. The number of hydrogen-bond acceptors (Lipinski definition) is 3. The fraction of sp³-hybridized carbons (Fsp3) is 0.667. The minimum Gasteiger partial charge on any atom is -0.348 e. The number of amides is 1. The first-order valence-electron chi connectivity index (χ1n) is 5.94. The molecular formula is C12H23ClN4O. The second kappa shape index (κ2) is 6.75. The molecule has 0 spiro atoms. The second-order valence-corrected chi connectivity index (χ2v) is 4.47. The number of nitrogens with one attached hydrogen (secondary N) is 1. The van der Waals surface area contributed by atoms with Gasteiger partial charge in [0.15, 0.2) is 0 Å². The van der Waals surface area contributed by atoms with Crippen molar-refractivity contribution in [2.75, 3.05) is 0 Å². The van der Waals surface area contributed by atoms with Crippen molar-refractivity contribution in [1.29, 1.82) is 0 Å². The summed E-state index contributed by atoms with van der Waals surface area (Å²) < 4.78 is 1.84. The number of aryl methyl sites for hydroxylation is 2. The van der Waals surface area contributed by atoms with Crippen LogP contribution in [0.5, 0.6) is 0 Å². The maximum atomic E-state index is 11.7. The maximum absolute atomic E-state index is 11.7. The number of rotatable bonds is 4. The van der Waals surface area contributed by atoms with Crippen LogP contribution in [0.25, 0.3) is 0 Å². The zero-order valence-corrected chi connectivity index (χ0v) is 12.5. The summed E-state index contributed by atoms with van der Waals surface area (Å²) in [6, 6.07) is -0.497. The fourth-order valence-corrected chi connectivity index (χ4v) is 1.98. The van der Waals surface area contributed by atoms with Crippen molar-refractivity contribution >= 4 is 18.3 Å². The Balaban J connectivity index is 0.00000289. The molecule has 0 aliphatic rings. The monoisotopic (exact) mass is 274 g/mol. The Kier molecular flexibility index (Phi) is 6.35. The van der Waals surface area contributed by atoms with Crippen LogP contribution in [-0.4, -0.2) is 21.7 Å². The van der Waals surface area contributed by atoms with Crippen LogP contribution in [-0.2, 0) is 11.8 Å². The number of hydrogen-bond donors (Lipinski definition) is 2. The summed E-state index contributed by atoms with van der Waals surface area (Å²) in [6.45, 7) is 7.70. The van der Waals surface area contributed by atoms with Crippen molar-refractivity contribution in [3.05, 3.63) is 17.0 Å². The third kappa shape index (κ3) is 3.46. The third-order valence-corrected chi connectivity index (χ3v) is 3.05. The number of carbonyl (C=O) groups excluding carboxylic acids is 1. The van der Waals surface area contributed by atoms with Crippen molar-refractivity contribution in [2.45, 2.75) is 46.2 Å². The lowest BCUT2D eigenvalue weighted by Crippen LogP contribution is -2.40. The molecule has 0 fully saturated rings. The zero-order chi connectivity index (χ0) is 13.2. The van der Waals surface area contributed by atoms with Crippen molar-refractivity contribution in [3.63, 3.8) is 0 Å². The highest BCUT2D eigenvalue weighted by atomic mass is 35.5. The predicted octanol–water partition coefficient (Wildman–Crippen LogP) is 1.37. The number of nitrogens with two attached hydrogens (primary N) is 1. The molecule has 0 aliphatic carbocycles. The van der Waals surface area contributed by atoms with E-state index in [0.29, 0.717) is 0 Å². The van der Waals surface area contributed by atoms with E-state index in [1.54, 1.807) is 6.92 Å². The molecule has 2 atom stereocenters. The van der Waals surface area contributed by atoms with Gasteiger partial charge in [0, 0.05) is 18.3 Å². The number of aromatic nitrogens is 2. The SMILES string of the molecule is CCC(NC(=O)[C@@H](C)N)c1c(C)nn(C)c1C.Cl. The zero-order valence-electron chi connectivity index (χ0n) is 11.7. The Hall–Kier alpha value is -1.07. The van der Waals surface area contributed by atoms with Gasteiger partial charge in [0.1, 0.15) is 0 Å². The van der Waals surface area contributed by atoms with Gasteiger partial charge >= 0.3 is 0 Å². The van der Waals surface area contributed by atoms with Crippen LogP contribution >= 0.6 is 12.4 Å². The standard InChI is InChI=1S/C12H22N4O.ClH/c1-6-10(14-12(17)7(2)13)11-8(3)15-16(5)9(11)4;/h7,10H,6,13H2,1-5H3,(H,14,17);1H/t7-,10?;/m1./s1. The highest BCUT2D eigenvalue weighted by Gasteiger charge is 2.21. The molecule has 0 aromatic carbocycles. The number of carbonyl (C=O) groups is 1. The topological polar surface area (TPSA) is 72.9 Å².